The van der Waals surface area contributed by atoms with Crippen LogP contribution in [-0.4, -0.2) is 38.4 Å². The van der Waals surface area contributed by atoms with Gasteiger partial charge in [0, 0.05) is 18.0 Å². The predicted octanol–water partition coefficient (Wildman–Crippen LogP) is 3.97. The first kappa shape index (κ1) is 20.7. The van der Waals surface area contributed by atoms with Gasteiger partial charge in [-0.2, -0.15) is 27.1 Å². The zero-order chi connectivity index (χ0) is 22.3. The van der Waals surface area contributed by atoms with E-state index < -0.39 is 25.2 Å². The van der Waals surface area contributed by atoms with Crippen molar-refractivity contribution in [1.29, 1.82) is 0 Å². The van der Waals surface area contributed by atoms with Gasteiger partial charge in [-0.25, -0.2) is 0 Å². The first-order chi connectivity index (χ1) is 14.6. The van der Waals surface area contributed by atoms with Crippen LogP contribution in [0, 0.1) is 6.92 Å². The number of anilines is 1. The molecule has 31 heavy (non-hydrogen) atoms. The number of aryl methyl sites for hydroxylation is 1. The Balaban J connectivity index is 1.63. The summed E-state index contributed by atoms with van der Waals surface area (Å²) >= 11 is 0. The third-order valence-corrected chi connectivity index (χ3v) is 4.57. The molecule has 7 nitrogen and oxygen atoms in total. The summed E-state index contributed by atoms with van der Waals surface area (Å²) in [7, 11) is 0. The number of hydrogen-bond donors (Lipinski definition) is 0. The molecular weight excluding hydrogens is 425 g/mol. The zero-order valence-corrected chi connectivity index (χ0v) is 15.9. The monoisotopic (exact) mass is 439 g/mol. The molecule has 0 N–H and O–H groups in total. The number of pyridine rings is 2. The largest absolute Gasteiger partial charge is 0.433 e. The van der Waals surface area contributed by atoms with Gasteiger partial charge in [0.15, 0.2) is 0 Å². The molecular formula is C19H14F5N5O2. The molecule has 1 amide bonds. The van der Waals surface area contributed by atoms with E-state index in [2.05, 4.69) is 19.8 Å². The van der Waals surface area contributed by atoms with E-state index in [0.717, 1.165) is 12.4 Å². The summed E-state index contributed by atoms with van der Waals surface area (Å²) in [5.74, 6) is -0.548. The molecule has 3 aromatic heterocycles. The van der Waals surface area contributed by atoms with Crippen molar-refractivity contribution in [2.24, 2.45) is 0 Å². The highest BCUT2D eigenvalue weighted by atomic mass is 19.4. The number of alkyl halides is 5. The molecule has 0 unspecified atom stereocenters. The van der Waals surface area contributed by atoms with Gasteiger partial charge in [0.1, 0.15) is 12.3 Å². The van der Waals surface area contributed by atoms with E-state index in [9.17, 15) is 26.7 Å². The Labute approximate surface area is 172 Å². The quantitative estimate of drug-likeness (QED) is 0.563. The van der Waals surface area contributed by atoms with Crippen LogP contribution in [0.15, 0.2) is 36.9 Å². The Hall–Kier alpha value is -3.57. The van der Waals surface area contributed by atoms with E-state index >= 15 is 0 Å². The molecule has 0 bridgehead atoms. The Morgan fingerprint density at radius 3 is 2.68 bits per heavy atom. The minimum Gasteiger partial charge on any atom is -0.433 e. The minimum absolute atomic E-state index is 0.0290. The van der Waals surface area contributed by atoms with Gasteiger partial charge in [-0.05, 0) is 24.6 Å². The SMILES string of the molecule is Cc1cc(-c2cncc(OC(F)F)c2)nc2c1C(=O)N(c1cnn(CC(F)(F)F)c1)C2. The molecule has 3 aromatic rings. The van der Waals surface area contributed by atoms with E-state index in [0.29, 0.717) is 32.8 Å². The number of carbonyl (C=O) groups excluding carboxylic acids is 1. The number of ether oxygens (including phenoxy) is 1. The Morgan fingerprint density at radius 1 is 1.19 bits per heavy atom. The molecule has 0 radical (unpaired) electrons. The smallest absolute Gasteiger partial charge is 0.408 e. The predicted molar refractivity (Wildman–Crippen MR) is 97.6 cm³/mol. The molecule has 0 saturated heterocycles. The standard InChI is InChI=1S/C19H14F5N5O2/c1-10-2-14(11-3-13(6-25-4-11)31-18(20)21)27-15-8-29(17(30)16(10)15)12-5-26-28(7-12)9-19(22,23)24/h2-7,18H,8-9H2,1H3. The van der Waals surface area contributed by atoms with Crippen molar-refractivity contribution >= 4 is 11.6 Å². The fourth-order valence-corrected chi connectivity index (χ4v) is 3.35. The van der Waals surface area contributed by atoms with Crippen LogP contribution in [0.5, 0.6) is 5.75 Å². The molecule has 4 rings (SSSR count). The van der Waals surface area contributed by atoms with Gasteiger partial charge in [0.25, 0.3) is 5.91 Å². The maximum atomic E-state index is 12.8. The lowest BCUT2D eigenvalue weighted by Gasteiger charge is -2.12. The van der Waals surface area contributed by atoms with Gasteiger partial charge in [-0.15, -0.1) is 0 Å². The van der Waals surface area contributed by atoms with Gasteiger partial charge >= 0.3 is 12.8 Å². The molecule has 0 aliphatic carbocycles. The van der Waals surface area contributed by atoms with E-state index in [1.54, 1.807) is 13.0 Å². The van der Waals surface area contributed by atoms with Crippen molar-refractivity contribution < 1.29 is 31.5 Å². The lowest BCUT2D eigenvalue weighted by Crippen LogP contribution is -2.23. The molecule has 0 fully saturated rings. The van der Waals surface area contributed by atoms with Crippen LogP contribution in [0.2, 0.25) is 0 Å². The van der Waals surface area contributed by atoms with Crippen LogP contribution >= 0.6 is 0 Å². The van der Waals surface area contributed by atoms with Crippen LogP contribution in [0.3, 0.4) is 0 Å². The van der Waals surface area contributed by atoms with Crippen LogP contribution in [0.25, 0.3) is 11.3 Å². The summed E-state index contributed by atoms with van der Waals surface area (Å²) in [4.78, 5) is 22.4. The van der Waals surface area contributed by atoms with Crippen LogP contribution in [-0.2, 0) is 13.1 Å². The number of fused-ring (bicyclic) bond motifs is 1. The number of amides is 1. The Morgan fingerprint density at radius 2 is 1.97 bits per heavy atom. The van der Waals surface area contributed by atoms with Gasteiger partial charge in [0.05, 0.1) is 41.6 Å². The highest BCUT2D eigenvalue weighted by Crippen LogP contribution is 2.32. The van der Waals surface area contributed by atoms with E-state index in [1.807, 2.05) is 0 Å². The second-order valence-corrected chi connectivity index (χ2v) is 6.84. The zero-order valence-electron chi connectivity index (χ0n) is 15.9. The number of rotatable bonds is 5. The van der Waals surface area contributed by atoms with Crippen LogP contribution < -0.4 is 9.64 Å². The third kappa shape index (κ3) is 4.32. The third-order valence-electron chi connectivity index (χ3n) is 4.57. The maximum absolute atomic E-state index is 12.8. The van der Waals surface area contributed by atoms with Crippen LogP contribution in [0.1, 0.15) is 21.6 Å². The Bertz CT molecular complexity index is 1140. The molecule has 0 saturated carbocycles. The molecule has 0 atom stereocenters. The molecule has 0 aromatic carbocycles. The molecule has 1 aliphatic rings. The van der Waals surface area contributed by atoms with E-state index in [-0.39, 0.29) is 18.0 Å². The number of nitrogens with zero attached hydrogens (tertiary/aromatic N) is 5. The van der Waals surface area contributed by atoms with Gasteiger partial charge < -0.3 is 4.74 Å². The molecule has 4 heterocycles. The maximum Gasteiger partial charge on any atom is 0.408 e. The van der Waals surface area contributed by atoms with Gasteiger partial charge in [-0.1, -0.05) is 0 Å². The number of hydrogen-bond acceptors (Lipinski definition) is 5. The first-order valence-electron chi connectivity index (χ1n) is 8.92. The summed E-state index contributed by atoms with van der Waals surface area (Å²) in [5.41, 5.74) is 2.33. The average Bonchev–Trinajstić information content (AvgIpc) is 3.24. The molecule has 1 aliphatic heterocycles. The first-order valence-corrected chi connectivity index (χ1v) is 8.92. The summed E-state index contributed by atoms with van der Waals surface area (Å²) in [6, 6.07) is 2.96. The fourth-order valence-electron chi connectivity index (χ4n) is 3.35. The van der Waals surface area contributed by atoms with Crippen molar-refractivity contribution in [3.63, 3.8) is 0 Å². The lowest BCUT2D eigenvalue weighted by molar-refractivity contribution is -0.142. The molecule has 0 spiro atoms. The van der Waals surface area contributed by atoms with Crippen molar-refractivity contribution in [2.75, 3.05) is 4.90 Å². The average molecular weight is 439 g/mol. The second-order valence-electron chi connectivity index (χ2n) is 6.84. The normalized spacial score (nSPS) is 13.8. The van der Waals surface area contributed by atoms with Crippen molar-refractivity contribution in [1.82, 2.24) is 19.7 Å². The fraction of sp³-hybridized carbons (Fsp3) is 0.263. The second kappa shape index (κ2) is 7.60. The van der Waals surface area contributed by atoms with Crippen molar-refractivity contribution in [3.8, 4) is 17.0 Å². The van der Waals surface area contributed by atoms with Gasteiger partial charge in [-0.3, -0.25) is 24.3 Å². The minimum atomic E-state index is -4.44. The Kier molecular flexibility index (Phi) is 5.07. The van der Waals surface area contributed by atoms with Crippen LogP contribution in [0.4, 0.5) is 27.6 Å². The number of carbonyl (C=O) groups is 1. The summed E-state index contributed by atoms with van der Waals surface area (Å²) < 4.78 is 67.7. The van der Waals surface area contributed by atoms with E-state index in [4.69, 9.17) is 0 Å². The summed E-state index contributed by atoms with van der Waals surface area (Å²) in [5, 5.41) is 3.66. The van der Waals surface area contributed by atoms with Crippen molar-refractivity contribution in [3.05, 3.63) is 53.7 Å². The van der Waals surface area contributed by atoms with Crippen molar-refractivity contribution in [2.45, 2.75) is 32.8 Å². The summed E-state index contributed by atoms with van der Waals surface area (Å²) in [6.07, 6.45) is 0.441. The highest BCUT2D eigenvalue weighted by Gasteiger charge is 2.34. The number of halogens is 5. The molecule has 12 heteroatoms. The topological polar surface area (TPSA) is 73.1 Å². The summed E-state index contributed by atoms with van der Waals surface area (Å²) in [6.45, 7) is -2.56. The number of aromatic nitrogens is 4. The van der Waals surface area contributed by atoms with E-state index in [1.165, 1.54) is 23.4 Å². The van der Waals surface area contributed by atoms with Gasteiger partial charge in [0.2, 0.25) is 0 Å². The lowest BCUT2D eigenvalue weighted by atomic mass is 10.1. The molecule has 162 valence electrons. The highest BCUT2D eigenvalue weighted by molar-refractivity contribution is 6.10.